The normalized spacial score (nSPS) is 12.3. The third-order valence-corrected chi connectivity index (χ3v) is 4.53. The predicted molar refractivity (Wildman–Crippen MR) is 108 cm³/mol. The monoisotopic (exact) mass is 391 g/mol. The molecular weight excluding hydrogens is 370 g/mol. The van der Waals surface area contributed by atoms with Crippen molar-refractivity contribution in [1.29, 1.82) is 0 Å². The number of anilines is 2. The molecule has 1 aromatic carbocycles. The van der Waals surface area contributed by atoms with E-state index in [9.17, 15) is 4.79 Å². The van der Waals surface area contributed by atoms with Crippen LogP contribution in [0.5, 0.6) is 11.5 Å². The van der Waals surface area contributed by atoms with Gasteiger partial charge in [0.1, 0.15) is 13.2 Å². The van der Waals surface area contributed by atoms with Gasteiger partial charge >= 0.3 is 0 Å². The number of hydrogen-bond acceptors (Lipinski definition) is 7. The maximum absolute atomic E-state index is 12.6. The zero-order chi connectivity index (χ0) is 20.1. The Bertz CT molecular complexity index is 979. The number of aromatic nitrogens is 3. The molecule has 3 heterocycles. The summed E-state index contributed by atoms with van der Waals surface area (Å²) < 4.78 is 11.1. The maximum Gasteiger partial charge on any atom is 0.274 e. The van der Waals surface area contributed by atoms with Crippen LogP contribution in [0.2, 0.25) is 0 Å². The molecule has 1 aliphatic heterocycles. The van der Waals surface area contributed by atoms with Crippen molar-refractivity contribution in [2.24, 2.45) is 0 Å². The van der Waals surface area contributed by atoms with Gasteiger partial charge in [0.2, 0.25) is 0 Å². The summed E-state index contributed by atoms with van der Waals surface area (Å²) in [5.41, 5.74) is 2.23. The third-order valence-electron chi connectivity index (χ3n) is 4.53. The molecule has 2 aromatic heterocycles. The highest BCUT2D eigenvalue weighted by Gasteiger charge is 2.15. The smallest absolute Gasteiger partial charge is 0.274 e. The topological polar surface area (TPSA) is 89.5 Å². The molecule has 0 atom stereocenters. The molecule has 8 nitrogen and oxygen atoms in total. The van der Waals surface area contributed by atoms with Gasteiger partial charge in [0.15, 0.2) is 23.0 Å². The number of nitrogens with one attached hydrogen (secondary N) is 1. The summed E-state index contributed by atoms with van der Waals surface area (Å²) in [4.78, 5) is 18.2. The van der Waals surface area contributed by atoms with Gasteiger partial charge < -0.3 is 19.7 Å². The van der Waals surface area contributed by atoms with E-state index in [1.54, 1.807) is 36.5 Å². The summed E-state index contributed by atoms with van der Waals surface area (Å²) in [6.07, 6.45) is 4.24. The van der Waals surface area contributed by atoms with Crippen LogP contribution >= 0.6 is 0 Å². The number of benzene rings is 1. The van der Waals surface area contributed by atoms with E-state index < -0.39 is 0 Å². The SMILES string of the molecule is CN(CCc1ccncc1)C(=O)c1ccc(Nc2ccc3c(c2)OCCO3)nn1. The van der Waals surface area contributed by atoms with Gasteiger partial charge in [-0.2, -0.15) is 0 Å². The number of amides is 1. The Morgan fingerprint density at radius 2 is 1.83 bits per heavy atom. The second-order valence-corrected chi connectivity index (χ2v) is 6.62. The van der Waals surface area contributed by atoms with E-state index in [-0.39, 0.29) is 5.91 Å². The Labute approximate surface area is 168 Å². The highest BCUT2D eigenvalue weighted by molar-refractivity contribution is 5.92. The van der Waals surface area contributed by atoms with Crippen molar-refractivity contribution in [3.8, 4) is 11.5 Å². The van der Waals surface area contributed by atoms with Crippen LogP contribution in [0.4, 0.5) is 11.5 Å². The molecule has 3 aromatic rings. The molecule has 0 bridgehead atoms. The Balaban J connectivity index is 1.36. The molecule has 0 radical (unpaired) electrons. The van der Waals surface area contributed by atoms with Gasteiger partial charge in [-0.15, -0.1) is 10.2 Å². The van der Waals surface area contributed by atoms with E-state index in [1.807, 2.05) is 30.3 Å². The molecular formula is C21H21N5O3. The first-order valence-electron chi connectivity index (χ1n) is 9.34. The molecule has 0 saturated heterocycles. The van der Waals surface area contributed by atoms with Crippen molar-refractivity contribution in [2.45, 2.75) is 6.42 Å². The van der Waals surface area contributed by atoms with Crippen molar-refractivity contribution in [3.63, 3.8) is 0 Å². The van der Waals surface area contributed by atoms with Crippen LogP contribution in [-0.2, 0) is 6.42 Å². The van der Waals surface area contributed by atoms with Crippen LogP contribution in [0, 0.1) is 0 Å². The van der Waals surface area contributed by atoms with E-state index >= 15 is 0 Å². The Kier molecular flexibility index (Phi) is 5.51. The van der Waals surface area contributed by atoms with Crippen molar-refractivity contribution in [3.05, 3.63) is 66.1 Å². The van der Waals surface area contributed by atoms with Crippen molar-refractivity contribution >= 4 is 17.4 Å². The van der Waals surface area contributed by atoms with Crippen LogP contribution in [0.1, 0.15) is 16.1 Å². The average Bonchev–Trinajstić information content (AvgIpc) is 2.78. The van der Waals surface area contributed by atoms with Gasteiger partial charge in [0.25, 0.3) is 5.91 Å². The number of likely N-dealkylation sites (N-methyl/N-ethyl adjacent to an activating group) is 1. The van der Waals surface area contributed by atoms with Gasteiger partial charge in [-0.05, 0) is 48.4 Å². The molecule has 29 heavy (non-hydrogen) atoms. The number of fused-ring (bicyclic) bond motifs is 1. The number of carbonyl (C=O) groups excluding carboxylic acids is 1. The molecule has 1 N–H and O–H groups in total. The number of rotatable bonds is 6. The van der Waals surface area contributed by atoms with Crippen LogP contribution in [-0.4, -0.2) is 52.8 Å². The molecule has 1 amide bonds. The van der Waals surface area contributed by atoms with Gasteiger partial charge in [0.05, 0.1) is 0 Å². The first kappa shape index (κ1) is 18.7. The largest absolute Gasteiger partial charge is 0.486 e. The van der Waals surface area contributed by atoms with E-state index in [2.05, 4.69) is 20.5 Å². The second-order valence-electron chi connectivity index (χ2n) is 6.62. The number of carbonyl (C=O) groups is 1. The Hall–Kier alpha value is -3.68. The maximum atomic E-state index is 12.6. The lowest BCUT2D eigenvalue weighted by atomic mass is 10.2. The number of nitrogens with zero attached hydrogens (tertiary/aromatic N) is 4. The highest BCUT2D eigenvalue weighted by atomic mass is 16.6. The summed E-state index contributed by atoms with van der Waals surface area (Å²) >= 11 is 0. The fraction of sp³-hybridized carbons (Fsp3) is 0.238. The standard InChI is InChI=1S/C21H21N5O3/c1-26(11-8-15-6-9-22-10-7-15)21(27)17-3-5-20(25-24-17)23-16-2-4-18-19(14-16)29-13-12-28-18/h2-7,9-10,14H,8,11-13H2,1H3,(H,23,25). The van der Waals surface area contributed by atoms with E-state index in [0.29, 0.717) is 37.0 Å². The lowest BCUT2D eigenvalue weighted by Crippen LogP contribution is -2.29. The van der Waals surface area contributed by atoms with Crippen LogP contribution in [0.25, 0.3) is 0 Å². The minimum Gasteiger partial charge on any atom is -0.486 e. The zero-order valence-electron chi connectivity index (χ0n) is 16.0. The summed E-state index contributed by atoms with van der Waals surface area (Å²) in [7, 11) is 1.76. The summed E-state index contributed by atoms with van der Waals surface area (Å²) in [5.74, 6) is 1.79. The summed E-state index contributed by atoms with van der Waals surface area (Å²) in [5, 5.41) is 11.3. The van der Waals surface area contributed by atoms with Gasteiger partial charge in [-0.25, -0.2) is 0 Å². The lowest BCUT2D eigenvalue weighted by Gasteiger charge is -2.19. The molecule has 0 aliphatic carbocycles. The number of ether oxygens (including phenoxy) is 2. The van der Waals surface area contributed by atoms with Gasteiger partial charge in [-0.1, -0.05) is 0 Å². The summed E-state index contributed by atoms with van der Waals surface area (Å²) in [6, 6.07) is 12.8. The van der Waals surface area contributed by atoms with E-state index in [0.717, 1.165) is 23.4 Å². The minimum absolute atomic E-state index is 0.169. The van der Waals surface area contributed by atoms with Crippen molar-refractivity contribution in [2.75, 3.05) is 32.1 Å². The fourth-order valence-corrected chi connectivity index (χ4v) is 2.93. The van der Waals surface area contributed by atoms with E-state index in [1.165, 1.54) is 0 Å². The first-order valence-corrected chi connectivity index (χ1v) is 9.34. The van der Waals surface area contributed by atoms with Gasteiger partial charge in [0, 0.05) is 37.7 Å². The molecule has 1 aliphatic rings. The molecule has 8 heteroatoms. The molecule has 4 rings (SSSR count). The zero-order valence-corrected chi connectivity index (χ0v) is 16.0. The average molecular weight is 391 g/mol. The molecule has 0 saturated carbocycles. The van der Waals surface area contributed by atoms with Crippen LogP contribution in [0.3, 0.4) is 0 Å². The molecule has 0 unspecified atom stereocenters. The van der Waals surface area contributed by atoms with Crippen molar-refractivity contribution < 1.29 is 14.3 Å². The molecule has 0 spiro atoms. The van der Waals surface area contributed by atoms with Crippen molar-refractivity contribution in [1.82, 2.24) is 20.1 Å². The number of hydrogen-bond donors (Lipinski definition) is 1. The predicted octanol–water partition coefficient (Wildman–Crippen LogP) is 2.70. The summed E-state index contributed by atoms with van der Waals surface area (Å²) in [6.45, 7) is 1.67. The second kappa shape index (κ2) is 8.55. The Morgan fingerprint density at radius 1 is 1.03 bits per heavy atom. The third kappa shape index (κ3) is 4.60. The number of pyridine rings is 1. The first-order chi connectivity index (χ1) is 14.2. The highest BCUT2D eigenvalue weighted by Crippen LogP contribution is 2.33. The van der Waals surface area contributed by atoms with Gasteiger partial charge in [-0.3, -0.25) is 9.78 Å². The minimum atomic E-state index is -0.169. The quantitative estimate of drug-likeness (QED) is 0.691. The van der Waals surface area contributed by atoms with Crippen LogP contribution < -0.4 is 14.8 Å². The lowest BCUT2D eigenvalue weighted by molar-refractivity contribution is 0.0789. The Morgan fingerprint density at radius 3 is 2.59 bits per heavy atom. The van der Waals surface area contributed by atoms with Crippen LogP contribution in [0.15, 0.2) is 54.9 Å². The molecule has 148 valence electrons. The van der Waals surface area contributed by atoms with E-state index in [4.69, 9.17) is 9.47 Å². The molecule has 0 fully saturated rings. The fourth-order valence-electron chi connectivity index (χ4n) is 2.93.